The van der Waals surface area contributed by atoms with Gasteiger partial charge in [0.25, 0.3) is 0 Å². The fraction of sp³-hybridized carbons (Fsp3) is 0.111. The maximum Gasteiger partial charge on any atom is 0.217 e. The number of nitrogens with one attached hydrogen (secondary N) is 2. The number of nitrogens with zero attached hydrogens (tertiary/aromatic N) is 2. The van der Waals surface area contributed by atoms with Gasteiger partial charge < -0.3 is 10.3 Å². The molecule has 0 saturated heterocycles. The van der Waals surface area contributed by atoms with Crippen LogP contribution in [0.4, 0.5) is 0 Å². The molecular weight excluding hydrogens is 324 g/mol. The maximum absolute atomic E-state index is 11.1. The van der Waals surface area contributed by atoms with Crippen molar-refractivity contribution in [1.82, 2.24) is 19.9 Å². The molecule has 0 unspecified atom stereocenters. The third kappa shape index (κ3) is 2.63. The first kappa shape index (κ1) is 14.8. The zero-order chi connectivity index (χ0) is 16.7. The summed E-state index contributed by atoms with van der Waals surface area (Å²) in [4.78, 5) is 14.4. The highest BCUT2D eigenvalue weighted by Crippen LogP contribution is 2.33. The molecule has 1 aromatic carbocycles. The number of fused-ring (bicyclic) bond motifs is 2. The van der Waals surface area contributed by atoms with E-state index in [1.54, 1.807) is 6.20 Å². The largest absolute Gasteiger partial charge is 0.357 e. The molecule has 0 fully saturated rings. The Labute approximate surface area is 143 Å². The van der Waals surface area contributed by atoms with E-state index in [1.807, 2.05) is 41.0 Å². The molecule has 0 aliphatic heterocycles. The minimum absolute atomic E-state index is 0.0542. The van der Waals surface area contributed by atoms with E-state index < -0.39 is 0 Å². The van der Waals surface area contributed by atoms with Crippen molar-refractivity contribution in [2.24, 2.45) is 0 Å². The van der Waals surface area contributed by atoms with E-state index >= 15 is 0 Å². The number of benzene rings is 1. The van der Waals surface area contributed by atoms with Gasteiger partial charge in [0.2, 0.25) is 5.91 Å². The summed E-state index contributed by atoms with van der Waals surface area (Å²) in [6.07, 6.45) is 3.69. The number of amides is 1. The van der Waals surface area contributed by atoms with Gasteiger partial charge in [-0.2, -0.15) is 5.10 Å². The van der Waals surface area contributed by atoms with Gasteiger partial charge in [0.1, 0.15) is 0 Å². The third-order valence-corrected chi connectivity index (χ3v) is 4.32. The molecular formula is C18H15ClN4O. The smallest absolute Gasteiger partial charge is 0.217 e. The van der Waals surface area contributed by atoms with E-state index in [9.17, 15) is 4.79 Å². The van der Waals surface area contributed by atoms with Crippen LogP contribution in [0.15, 0.2) is 48.8 Å². The Morgan fingerprint density at radius 1 is 1.29 bits per heavy atom. The van der Waals surface area contributed by atoms with Crippen molar-refractivity contribution in [1.29, 1.82) is 0 Å². The maximum atomic E-state index is 11.1. The fourth-order valence-corrected chi connectivity index (χ4v) is 3.12. The Morgan fingerprint density at radius 3 is 3.00 bits per heavy atom. The van der Waals surface area contributed by atoms with Crippen LogP contribution in [0.25, 0.3) is 27.5 Å². The summed E-state index contributed by atoms with van der Waals surface area (Å²) in [6, 6.07) is 12.0. The number of carbonyl (C=O) groups excluding carboxylic acids is 1. The Morgan fingerprint density at radius 2 is 2.17 bits per heavy atom. The predicted molar refractivity (Wildman–Crippen MR) is 95.0 cm³/mol. The van der Waals surface area contributed by atoms with Crippen molar-refractivity contribution in [3.63, 3.8) is 0 Å². The molecule has 2 N–H and O–H groups in total. The van der Waals surface area contributed by atoms with Crippen LogP contribution in [0.2, 0.25) is 5.02 Å². The van der Waals surface area contributed by atoms with Crippen molar-refractivity contribution in [2.45, 2.75) is 13.5 Å². The van der Waals surface area contributed by atoms with Crippen LogP contribution in [0.5, 0.6) is 0 Å². The molecule has 4 rings (SSSR count). The first-order chi connectivity index (χ1) is 11.6. The Bertz CT molecular complexity index is 1060. The number of carbonyl (C=O) groups is 1. The van der Waals surface area contributed by atoms with E-state index in [-0.39, 0.29) is 5.91 Å². The molecule has 3 heterocycles. The Hall–Kier alpha value is -2.79. The molecule has 4 aromatic rings. The summed E-state index contributed by atoms with van der Waals surface area (Å²) in [6.45, 7) is 1.98. The van der Waals surface area contributed by atoms with E-state index in [1.165, 1.54) is 6.92 Å². The van der Waals surface area contributed by atoms with Crippen LogP contribution in [0.3, 0.4) is 0 Å². The van der Waals surface area contributed by atoms with Crippen molar-refractivity contribution >= 4 is 33.9 Å². The molecule has 6 heteroatoms. The lowest BCUT2D eigenvalue weighted by atomic mass is 10.0. The number of aromatic amines is 1. The monoisotopic (exact) mass is 338 g/mol. The van der Waals surface area contributed by atoms with Gasteiger partial charge in [-0.15, -0.1) is 0 Å². The van der Waals surface area contributed by atoms with Crippen molar-refractivity contribution in [2.75, 3.05) is 0 Å². The standard InChI is InChI=1S/C18H15ClN4O/c1-11(24)20-10-14-6-13-8-17(19)16(9-18(13)22-14)12-3-5-23-15(7-12)2-4-21-23/h2-9,22H,10H2,1H3,(H,20,24). The van der Waals surface area contributed by atoms with E-state index in [4.69, 9.17) is 11.6 Å². The second-order valence-corrected chi connectivity index (χ2v) is 6.15. The topological polar surface area (TPSA) is 62.2 Å². The number of hydrogen-bond acceptors (Lipinski definition) is 2. The number of aromatic nitrogens is 3. The molecule has 1 amide bonds. The van der Waals surface area contributed by atoms with E-state index in [0.717, 1.165) is 33.2 Å². The Kier molecular flexibility index (Phi) is 3.50. The second kappa shape index (κ2) is 5.69. The van der Waals surface area contributed by atoms with Gasteiger partial charge in [0.15, 0.2) is 0 Å². The molecule has 0 bridgehead atoms. The lowest BCUT2D eigenvalue weighted by Crippen LogP contribution is -2.18. The number of H-pyrrole nitrogens is 1. The van der Waals surface area contributed by atoms with Crippen LogP contribution in [0.1, 0.15) is 12.6 Å². The third-order valence-electron chi connectivity index (χ3n) is 4.00. The quantitative estimate of drug-likeness (QED) is 0.597. The van der Waals surface area contributed by atoms with Crippen LogP contribution < -0.4 is 5.32 Å². The average molecular weight is 339 g/mol. The molecule has 120 valence electrons. The summed E-state index contributed by atoms with van der Waals surface area (Å²) in [5.74, 6) is -0.0542. The number of halogens is 1. The zero-order valence-electron chi connectivity index (χ0n) is 13.0. The van der Waals surface area contributed by atoms with Crippen molar-refractivity contribution in [3.8, 4) is 11.1 Å². The van der Waals surface area contributed by atoms with Crippen LogP contribution in [-0.2, 0) is 11.3 Å². The first-order valence-corrected chi connectivity index (χ1v) is 7.97. The first-order valence-electron chi connectivity index (χ1n) is 7.59. The van der Waals surface area contributed by atoms with E-state index in [2.05, 4.69) is 21.5 Å². The zero-order valence-corrected chi connectivity index (χ0v) is 13.8. The van der Waals surface area contributed by atoms with Gasteiger partial charge >= 0.3 is 0 Å². The van der Waals surface area contributed by atoms with E-state index in [0.29, 0.717) is 11.6 Å². The highest BCUT2D eigenvalue weighted by molar-refractivity contribution is 6.34. The summed E-state index contributed by atoms with van der Waals surface area (Å²) in [5, 5.41) is 8.71. The molecule has 0 aliphatic rings. The number of pyridine rings is 1. The normalized spacial score (nSPS) is 11.2. The predicted octanol–water partition coefficient (Wildman–Crippen LogP) is 3.77. The SMILES string of the molecule is CC(=O)NCc1cc2cc(Cl)c(-c3ccn4nccc4c3)cc2[nH]1. The van der Waals surface area contributed by atoms with Crippen LogP contribution in [0, 0.1) is 0 Å². The Balaban J connectivity index is 1.77. The van der Waals surface area contributed by atoms with Gasteiger partial charge in [0.05, 0.1) is 12.1 Å². The molecule has 0 atom stereocenters. The summed E-state index contributed by atoms with van der Waals surface area (Å²) in [5.41, 5.74) is 4.94. The van der Waals surface area contributed by atoms with Gasteiger partial charge in [0, 0.05) is 46.5 Å². The highest BCUT2D eigenvalue weighted by Gasteiger charge is 2.09. The summed E-state index contributed by atoms with van der Waals surface area (Å²) in [7, 11) is 0. The highest BCUT2D eigenvalue weighted by atomic mass is 35.5. The van der Waals surface area contributed by atoms with Gasteiger partial charge in [-0.05, 0) is 42.0 Å². The molecule has 5 nitrogen and oxygen atoms in total. The molecule has 24 heavy (non-hydrogen) atoms. The molecule has 3 aromatic heterocycles. The van der Waals surface area contributed by atoms with Crippen LogP contribution in [-0.4, -0.2) is 20.5 Å². The van der Waals surface area contributed by atoms with Gasteiger partial charge in [-0.3, -0.25) is 4.79 Å². The molecule has 0 saturated carbocycles. The lowest BCUT2D eigenvalue weighted by molar-refractivity contribution is -0.119. The summed E-state index contributed by atoms with van der Waals surface area (Å²) < 4.78 is 1.82. The molecule has 0 radical (unpaired) electrons. The minimum atomic E-state index is -0.0542. The lowest BCUT2D eigenvalue weighted by Gasteiger charge is -2.06. The average Bonchev–Trinajstić information content (AvgIpc) is 3.17. The van der Waals surface area contributed by atoms with Crippen LogP contribution >= 0.6 is 11.6 Å². The van der Waals surface area contributed by atoms with Crippen molar-refractivity contribution in [3.05, 3.63) is 59.5 Å². The number of hydrogen-bond donors (Lipinski definition) is 2. The minimum Gasteiger partial charge on any atom is -0.357 e. The second-order valence-electron chi connectivity index (χ2n) is 5.74. The molecule has 0 spiro atoms. The molecule has 0 aliphatic carbocycles. The number of rotatable bonds is 3. The fourth-order valence-electron chi connectivity index (χ4n) is 2.84. The van der Waals surface area contributed by atoms with Gasteiger partial charge in [-0.1, -0.05) is 11.6 Å². The summed E-state index contributed by atoms with van der Waals surface area (Å²) >= 11 is 6.49. The van der Waals surface area contributed by atoms with Crippen molar-refractivity contribution < 1.29 is 4.79 Å². The van der Waals surface area contributed by atoms with Gasteiger partial charge in [-0.25, -0.2) is 4.52 Å².